The molecule has 0 saturated heterocycles. The van der Waals surface area contributed by atoms with Crippen molar-refractivity contribution < 1.29 is 9.21 Å². The zero-order chi connectivity index (χ0) is 16.5. The van der Waals surface area contributed by atoms with E-state index in [1.165, 1.54) is 11.8 Å². The van der Waals surface area contributed by atoms with Gasteiger partial charge >= 0.3 is 0 Å². The average Bonchev–Trinajstić information content (AvgIpc) is 3.14. The molecule has 120 valence electrons. The molecule has 4 rings (SSSR count). The van der Waals surface area contributed by atoms with E-state index in [0.29, 0.717) is 5.22 Å². The van der Waals surface area contributed by atoms with Crippen molar-refractivity contribution in [2.75, 3.05) is 11.1 Å². The smallest absolute Gasteiger partial charge is 0.257 e. The average molecular weight is 355 g/mol. The van der Waals surface area contributed by atoms with E-state index in [2.05, 4.69) is 15.3 Å². The maximum Gasteiger partial charge on any atom is 0.257 e. The van der Waals surface area contributed by atoms with Gasteiger partial charge < -0.3 is 9.73 Å². The molecule has 0 aliphatic carbocycles. The van der Waals surface area contributed by atoms with Crippen LogP contribution in [0.4, 0.5) is 5.69 Å². The van der Waals surface area contributed by atoms with E-state index < -0.39 is 0 Å². The Morgan fingerprint density at radius 2 is 2.08 bits per heavy atom. The molecular formula is C17H13N3O2S2. The molecule has 1 N–H and O–H groups in total. The van der Waals surface area contributed by atoms with Gasteiger partial charge in [0.25, 0.3) is 5.22 Å². The number of carbonyl (C=O) groups excluding carboxylic acids is 1. The van der Waals surface area contributed by atoms with Crippen LogP contribution in [0.2, 0.25) is 0 Å². The summed E-state index contributed by atoms with van der Waals surface area (Å²) in [6, 6.07) is 13.3. The topological polar surface area (TPSA) is 68.0 Å². The van der Waals surface area contributed by atoms with Crippen LogP contribution in [0.5, 0.6) is 0 Å². The summed E-state index contributed by atoms with van der Waals surface area (Å²) in [7, 11) is 0. The van der Waals surface area contributed by atoms with Gasteiger partial charge in [0.05, 0.1) is 21.0 Å². The highest BCUT2D eigenvalue weighted by Crippen LogP contribution is 2.26. The van der Waals surface area contributed by atoms with Gasteiger partial charge in [-0.3, -0.25) is 4.79 Å². The number of para-hydroxylation sites is 2. The van der Waals surface area contributed by atoms with Crippen molar-refractivity contribution in [2.24, 2.45) is 0 Å². The van der Waals surface area contributed by atoms with E-state index in [9.17, 15) is 4.79 Å². The summed E-state index contributed by atoms with van der Waals surface area (Å²) in [4.78, 5) is 20.9. The molecule has 0 saturated carbocycles. The molecule has 0 bridgehead atoms. The van der Waals surface area contributed by atoms with Gasteiger partial charge in [0, 0.05) is 5.69 Å². The lowest BCUT2D eigenvalue weighted by Crippen LogP contribution is -2.13. The molecule has 24 heavy (non-hydrogen) atoms. The minimum absolute atomic E-state index is 0.0946. The van der Waals surface area contributed by atoms with E-state index >= 15 is 0 Å². The Morgan fingerprint density at radius 1 is 1.21 bits per heavy atom. The van der Waals surface area contributed by atoms with Crippen molar-refractivity contribution in [1.82, 2.24) is 9.97 Å². The van der Waals surface area contributed by atoms with E-state index in [1.54, 1.807) is 11.3 Å². The fourth-order valence-corrected chi connectivity index (χ4v) is 3.86. The van der Waals surface area contributed by atoms with Crippen LogP contribution in [-0.2, 0) is 4.79 Å². The number of fused-ring (bicyclic) bond motifs is 2. The second-order valence-corrected chi connectivity index (χ2v) is 7.36. The van der Waals surface area contributed by atoms with Gasteiger partial charge in [-0.15, -0.1) is 11.3 Å². The summed E-state index contributed by atoms with van der Waals surface area (Å²) in [6.45, 7) is 1.97. The quantitative estimate of drug-likeness (QED) is 0.547. The van der Waals surface area contributed by atoms with Crippen molar-refractivity contribution >= 4 is 56.0 Å². The maximum absolute atomic E-state index is 12.1. The molecule has 2 aromatic carbocycles. The summed E-state index contributed by atoms with van der Waals surface area (Å²) in [5, 5.41) is 4.41. The van der Waals surface area contributed by atoms with Crippen molar-refractivity contribution in [3.05, 3.63) is 47.5 Å². The molecule has 2 heterocycles. The normalized spacial score (nSPS) is 11.2. The zero-order valence-corrected chi connectivity index (χ0v) is 14.4. The van der Waals surface area contributed by atoms with Gasteiger partial charge in [0.15, 0.2) is 5.58 Å². The Balaban J connectivity index is 1.41. The molecule has 0 aliphatic rings. The number of thioether (sulfide) groups is 1. The number of anilines is 1. The molecule has 0 unspecified atom stereocenters. The monoisotopic (exact) mass is 355 g/mol. The lowest BCUT2D eigenvalue weighted by atomic mass is 10.3. The number of nitrogens with one attached hydrogen (secondary N) is 1. The first kappa shape index (κ1) is 15.2. The Labute approximate surface area is 146 Å². The largest absolute Gasteiger partial charge is 0.431 e. The Hall–Kier alpha value is -2.38. The fourth-order valence-electron chi connectivity index (χ4n) is 2.35. The predicted octanol–water partition coefficient (Wildman–Crippen LogP) is 4.48. The molecule has 0 aliphatic heterocycles. The highest BCUT2D eigenvalue weighted by atomic mass is 32.2. The number of hydrogen-bond acceptors (Lipinski definition) is 6. The van der Waals surface area contributed by atoms with Crippen LogP contribution in [0.15, 0.2) is 52.1 Å². The molecule has 7 heteroatoms. The number of aromatic nitrogens is 2. The van der Waals surface area contributed by atoms with E-state index in [1.807, 2.05) is 49.4 Å². The number of carbonyl (C=O) groups is 1. The third-order valence-electron chi connectivity index (χ3n) is 3.38. The van der Waals surface area contributed by atoms with E-state index in [4.69, 9.17) is 4.42 Å². The highest BCUT2D eigenvalue weighted by molar-refractivity contribution is 7.99. The summed E-state index contributed by atoms with van der Waals surface area (Å²) >= 11 is 2.90. The van der Waals surface area contributed by atoms with E-state index in [-0.39, 0.29) is 11.7 Å². The molecule has 5 nitrogen and oxygen atoms in total. The SMILES string of the molecule is Cc1nc2ccc(NC(=O)CSc3nc4ccccc4o3)cc2s1. The summed E-state index contributed by atoms with van der Waals surface area (Å²) in [5.41, 5.74) is 3.25. The number of hydrogen-bond donors (Lipinski definition) is 1. The molecule has 0 atom stereocenters. The number of oxazole rings is 1. The lowest BCUT2D eigenvalue weighted by molar-refractivity contribution is -0.113. The van der Waals surface area contributed by atoms with Crippen molar-refractivity contribution in [1.29, 1.82) is 0 Å². The number of thiazole rings is 1. The molecule has 1 amide bonds. The van der Waals surface area contributed by atoms with Crippen LogP contribution in [0.25, 0.3) is 21.3 Å². The molecule has 2 aromatic heterocycles. The van der Waals surface area contributed by atoms with Gasteiger partial charge in [0.2, 0.25) is 5.91 Å². The Kier molecular flexibility index (Phi) is 3.95. The van der Waals surface area contributed by atoms with Gasteiger partial charge in [0.1, 0.15) is 5.52 Å². The number of aryl methyl sites for hydroxylation is 1. The van der Waals surface area contributed by atoms with Crippen LogP contribution < -0.4 is 5.32 Å². The van der Waals surface area contributed by atoms with Crippen molar-refractivity contribution in [3.63, 3.8) is 0 Å². The number of rotatable bonds is 4. The van der Waals surface area contributed by atoms with Crippen LogP contribution in [0, 0.1) is 6.92 Å². The molecule has 4 aromatic rings. The van der Waals surface area contributed by atoms with Crippen LogP contribution in [0.3, 0.4) is 0 Å². The third-order valence-corrected chi connectivity index (χ3v) is 5.14. The highest BCUT2D eigenvalue weighted by Gasteiger charge is 2.10. The minimum Gasteiger partial charge on any atom is -0.431 e. The fraction of sp³-hybridized carbons (Fsp3) is 0.118. The number of benzene rings is 2. The van der Waals surface area contributed by atoms with E-state index in [0.717, 1.165) is 32.0 Å². The van der Waals surface area contributed by atoms with Gasteiger partial charge in [-0.2, -0.15) is 0 Å². The van der Waals surface area contributed by atoms with Gasteiger partial charge in [-0.1, -0.05) is 23.9 Å². The second-order valence-electron chi connectivity index (χ2n) is 5.20. The Morgan fingerprint density at radius 3 is 2.96 bits per heavy atom. The first-order valence-corrected chi connectivity index (χ1v) is 9.13. The van der Waals surface area contributed by atoms with Crippen LogP contribution >= 0.6 is 23.1 Å². The van der Waals surface area contributed by atoms with Crippen molar-refractivity contribution in [3.8, 4) is 0 Å². The maximum atomic E-state index is 12.1. The number of nitrogens with zero attached hydrogens (tertiary/aromatic N) is 2. The van der Waals surface area contributed by atoms with Gasteiger partial charge in [-0.05, 0) is 37.3 Å². The summed E-state index contributed by atoms with van der Waals surface area (Å²) < 4.78 is 6.66. The summed E-state index contributed by atoms with van der Waals surface area (Å²) in [5.74, 6) is 0.148. The van der Waals surface area contributed by atoms with Crippen molar-refractivity contribution in [2.45, 2.75) is 12.1 Å². The molecule has 0 fully saturated rings. The van der Waals surface area contributed by atoms with Crippen LogP contribution in [0.1, 0.15) is 5.01 Å². The number of amides is 1. The minimum atomic E-state index is -0.0946. The molecule has 0 spiro atoms. The first-order valence-electron chi connectivity index (χ1n) is 7.33. The van der Waals surface area contributed by atoms with Gasteiger partial charge in [-0.25, -0.2) is 9.97 Å². The Bertz CT molecular complexity index is 1010. The first-order chi connectivity index (χ1) is 11.7. The lowest BCUT2D eigenvalue weighted by Gasteiger charge is -2.03. The molecular weight excluding hydrogens is 342 g/mol. The predicted molar refractivity (Wildman–Crippen MR) is 97.7 cm³/mol. The second kappa shape index (κ2) is 6.26. The third kappa shape index (κ3) is 3.13. The standard InChI is InChI=1S/C17H13N3O2S2/c1-10-18-13-7-6-11(8-15(13)24-10)19-16(21)9-23-17-20-12-4-2-3-5-14(12)22-17/h2-8H,9H2,1H3,(H,19,21). The van der Waals surface area contributed by atoms with Crippen LogP contribution in [-0.4, -0.2) is 21.6 Å². The zero-order valence-electron chi connectivity index (χ0n) is 12.8. The molecule has 0 radical (unpaired) electrons. The summed E-state index contributed by atoms with van der Waals surface area (Å²) in [6.07, 6.45) is 0.